The van der Waals surface area contributed by atoms with E-state index in [1.807, 2.05) is 6.07 Å². The van der Waals surface area contributed by atoms with Crippen molar-refractivity contribution in [1.29, 1.82) is 5.26 Å². The molecule has 0 unspecified atom stereocenters. The first-order valence-corrected chi connectivity index (χ1v) is 3.35. The number of hydrogen-bond donors (Lipinski definition) is 0. The molecule has 0 amide bonds. The van der Waals surface area contributed by atoms with E-state index in [4.69, 9.17) is 17.5 Å². The van der Waals surface area contributed by atoms with Crippen LogP contribution in [0.4, 0.5) is 0 Å². The summed E-state index contributed by atoms with van der Waals surface area (Å²) < 4.78 is 5.09. The van der Waals surface area contributed by atoms with Gasteiger partial charge < -0.3 is 4.42 Å². The first-order chi connectivity index (χ1) is 5.79. The van der Waals surface area contributed by atoms with Gasteiger partial charge in [0.15, 0.2) is 5.58 Å². The first kappa shape index (κ1) is 6.92. The Morgan fingerprint density at radius 1 is 1.50 bits per heavy atom. The number of fused-ring (bicyclic) bond motifs is 1. The SMILES string of the molecule is [B]c1cc2cc(C#N)oc2cn1. The maximum absolute atomic E-state index is 8.51. The van der Waals surface area contributed by atoms with Crippen LogP contribution >= 0.6 is 0 Å². The molecule has 12 heavy (non-hydrogen) atoms. The number of nitriles is 1. The van der Waals surface area contributed by atoms with Crippen molar-refractivity contribution in [3.05, 3.63) is 24.1 Å². The van der Waals surface area contributed by atoms with Gasteiger partial charge in [-0.15, -0.1) is 0 Å². The maximum atomic E-state index is 8.51. The van der Waals surface area contributed by atoms with Crippen molar-refractivity contribution in [2.24, 2.45) is 0 Å². The Kier molecular flexibility index (Phi) is 1.37. The molecule has 0 saturated carbocycles. The van der Waals surface area contributed by atoms with Gasteiger partial charge >= 0.3 is 0 Å². The average Bonchev–Trinajstić information content (AvgIpc) is 2.46. The van der Waals surface area contributed by atoms with Crippen molar-refractivity contribution in [3.8, 4) is 6.07 Å². The van der Waals surface area contributed by atoms with Gasteiger partial charge in [-0.05, 0) is 11.7 Å². The minimum Gasteiger partial charge on any atom is -0.444 e. The predicted molar refractivity (Wildman–Crippen MR) is 44.1 cm³/mol. The Morgan fingerprint density at radius 3 is 3.08 bits per heavy atom. The fourth-order valence-corrected chi connectivity index (χ4v) is 1.02. The molecule has 2 rings (SSSR count). The summed E-state index contributed by atoms with van der Waals surface area (Å²) in [6.45, 7) is 0. The van der Waals surface area contributed by atoms with E-state index in [2.05, 4.69) is 4.98 Å². The maximum Gasteiger partial charge on any atom is 0.204 e. The molecule has 0 fully saturated rings. The Hall–Kier alpha value is -1.76. The summed E-state index contributed by atoms with van der Waals surface area (Å²) >= 11 is 0. The van der Waals surface area contributed by atoms with Crippen LogP contribution in [-0.2, 0) is 0 Å². The van der Waals surface area contributed by atoms with Crippen LogP contribution < -0.4 is 5.59 Å². The molecule has 0 aliphatic heterocycles. The molecule has 0 spiro atoms. The van der Waals surface area contributed by atoms with Crippen molar-refractivity contribution in [2.45, 2.75) is 0 Å². The second-order valence-corrected chi connectivity index (χ2v) is 2.37. The highest BCUT2D eigenvalue weighted by atomic mass is 16.3. The summed E-state index contributed by atoms with van der Waals surface area (Å²) in [6.07, 6.45) is 1.51. The van der Waals surface area contributed by atoms with Gasteiger partial charge in [-0.2, -0.15) is 5.26 Å². The van der Waals surface area contributed by atoms with Gasteiger partial charge in [-0.1, -0.05) is 0 Å². The van der Waals surface area contributed by atoms with E-state index < -0.39 is 0 Å². The highest BCUT2D eigenvalue weighted by Crippen LogP contribution is 2.15. The van der Waals surface area contributed by atoms with Crippen LogP contribution in [0.5, 0.6) is 0 Å². The van der Waals surface area contributed by atoms with Crippen LogP contribution in [0.3, 0.4) is 0 Å². The molecular weight excluding hydrogens is 151 g/mol. The van der Waals surface area contributed by atoms with E-state index in [-0.39, 0.29) is 5.76 Å². The van der Waals surface area contributed by atoms with Gasteiger partial charge in [0.1, 0.15) is 13.9 Å². The smallest absolute Gasteiger partial charge is 0.204 e. The Labute approximate surface area is 70.0 Å². The lowest BCUT2D eigenvalue weighted by Gasteiger charge is -1.88. The lowest BCUT2D eigenvalue weighted by molar-refractivity contribution is 0.598. The molecule has 2 aromatic rings. The van der Waals surface area contributed by atoms with Crippen molar-refractivity contribution in [1.82, 2.24) is 4.98 Å². The van der Waals surface area contributed by atoms with Gasteiger partial charge in [0, 0.05) is 11.5 Å². The van der Waals surface area contributed by atoms with Gasteiger partial charge in [0.2, 0.25) is 5.76 Å². The van der Waals surface area contributed by atoms with Gasteiger partial charge in [0.05, 0.1) is 6.20 Å². The summed E-state index contributed by atoms with van der Waals surface area (Å²) in [7, 11) is 5.44. The number of furan rings is 1. The molecule has 0 bridgehead atoms. The molecular formula is C8H3BN2O. The van der Waals surface area contributed by atoms with Gasteiger partial charge in [0.25, 0.3) is 0 Å². The molecule has 0 aliphatic rings. The van der Waals surface area contributed by atoms with Gasteiger partial charge in [-0.25, -0.2) is 0 Å². The molecule has 2 radical (unpaired) electrons. The second kappa shape index (κ2) is 2.38. The second-order valence-electron chi connectivity index (χ2n) is 2.37. The normalized spacial score (nSPS) is 9.92. The molecule has 0 aromatic carbocycles. The number of hydrogen-bond acceptors (Lipinski definition) is 3. The number of rotatable bonds is 0. The quantitative estimate of drug-likeness (QED) is 0.519. The van der Waals surface area contributed by atoms with Crippen LogP contribution in [-0.4, -0.2) is 12.8 Å². The van der Waals surface area contributed by atoms with E-state index in [0.717, 1.165) is 5.39 Å². The van der Waals surface area contributed by atoms with Crippen LogP contribution in [0, 0.1) is 11.3 Å². The largest absolute Gasteiger partial charge is 0.444 e. The third-order valence-electron chi connectivity index (χ3n) is 1.54. The number of nitrogens with zero attached hydrogens (tertiary/aromatic N) is 2. The van der Waals surface area contributed by atoms with E-state index in [1.54, 1.807) is 12.1 Å². The topological polar surface area (TPSA) is 49.8 Å². The van der Waals surface area contributed by atoms with E-state index in [0.29, 0.717) is 11.2 Å². The minimum atomic E-state index is 0.275. The zero-order valence-electron chi connectivity index (χ0n) is 6.11. The standard InChI is InChI=1S/C8H3BN2O/c9-8-2-5-1-6(3-10)12-7(5)4-11-8/h1-2,4H. The molecule has 3 nitrogen and oxygen atoms in total. The van der Waals surface area contributed by atoms with Crippen molar-refractivity contribution >= 4 is 24.4 Å². The molecule has 54 valence electrons. The highest BCUT2D eigenvalue weighted by Gasteiger charge is 2.01. The monoisotopic (exact) mass is 154 g/mol. The van der Waals surface area contributed by atoms with Crippen LogP contribution in [0.15, 0.2) is 22.7 Å². The Balaban J connectivity index is 2.77. The number of aromatic nitrogens is 1. The fourth-order valence-electron chi connectivity index (χ4n) is 1.02. The molecule has 0 aliphatic carbocycles. The zero-order chi connectivity index (χ0) is 8.55. The van der Waals surface area contributed by atoms with E-state index >= 15 is 0 Å². The minimum absolute atomic E-state index is 0.275. The molecule has 0 N–H and O–H groups in total. The van der Waals surface area contributed by atoms with Gasteiger partial charge in [-0.3, -0.25) is 4.98 Å². The summed E-state index contributed by atoms with van der Waals surface area (Å²) in [5.74, 6) is 0.275. The van der Waals surface area contributed by atoms with Crippen LogP contribution in [0.1, 0.15) is 5.76 Å². The molecule has 2 aromatic heterocycles. The fraction of sp³-hybridized carbons (Fsp3) is 0. The first-order valence-electron chi connectivity index (χ1n) is 3.35. The molecule has 2 heterocycles. The third-order valence-corrected chi connectivity index (χ3v) is 1.54. The van der Waals surface area contributed by atoms with E-state index in [9.17, 15) is 0 Å². The highest BCUT2D eigenvalue weighted by molar-refractivity contribution is 6.31. The predicted octanol–water partition coefficient (Wildman–Crippen LogP) is 0.493. The summed E-state index contributed by atoms with van der Waals surface area (Å²) in [5, 5.41) is 9.32. The Bertz CT molecular complexity index is 469. The summed E-state index contributed by atoms with van der Waals surface area (Å²) in [6, 6.07) is 5.20. The van der Waals surface area contributed by atoms with E-state index in [1.165, 1.54) is 6.20 Å². The lowest BCUT2D eigenvalue weighted by Crippen LogP contribution is -2.05. The molecule has 0 saturated heterocycles. The van der Waals surface area contributed by atoms with Crippen molar-refractivity contribution < 1.29 is 4.42 Å². The van der Waals surface area contributed by atoms with Crippen LogP contribution in [0.2, 0.25) is 0 Å². The lowest BCUT2D eigenvalue weighted by atomic mass is 10.0. The van der Waals surface area contributed by atoms with Crippen molar-refractivity contribution in [2.75, 3.05) is 0 Å². The Morgan fingerprint density at radius 2 is 2.33 bits per heavy atom. The van der Waals surface area contributed by atoms with Crippen LogP contribution in [0.25, 0.3) is 11.0 Å². The molecule has 4 heteroatoms. The average molecular weight is 154 g/mol. The summed E-state index contributed by atoms with van der Waals surface area (Å²) in [5.41, 5.74) is 1.01. The zero-order valence-corrected chi connectivity index (χ0v) is 6.11. The van der Waals surface area contributed by atoms with Crippen molar-refractivity contribution in [3.63, 3.8) is 0 Å². The third kappa shape index (κ3) is 0.959. The number of pyridine rings is 1. The molecule has 0 atom stereocenters. The summed E-state index contributed by atoms with van der Waals surface area (Å²) in [4.78, 5) is 3.83.